The largest absolute Gasteiger partial charge is 0.416 e. The summed E-state index contributed by atoms with van der Waals surface area (Å²) in [7, 11) is 0. The average Bonchev–Trinajstić information content (AvgIpc) is 2.57. The summed E-state index contributed by atoms with van der Waals surface area (Å²) in [6.07, 6.45) is -4.40. The molecule has 0 aromatic heterocycles. The van der Waals surface area contributed by atoms with Crippen molar-refractivity contribution in [2.45, 2.75) is 18.6 Å². The van der Waals surface area contributed by atoms with Gasteiger partial charge >= 0.3 is 6.18 Å². The number of carbonyl (C=O) groups excluding carboxylic acids is 2. The van der Waals surface area contributed by atoms with Gasteiger partial charge < -0.3 is 5.32 Å². The minimum atomic E-state index is -4.39. The van der Waals surface area contributed by atoms with Gasteiger partial charge in [0, 0.05) is 5.69 Å². The Labute approximate surface area is 100 Å². The maximum Gasteiger partial charge on any atom is 0.416 e. The first kappa shape index (κ1) is 12.4. The van der Waals surface area contributed by atoms with Crippen LogP contribution in [-0.2, 0) is 15.8 Å². The molecule has 1 atom stereocenters. The molecule has 1 saturated heterocycles. The molecule has 0 aliphatic carbocycles. The number of hydrogen-bond acceptors (Lipinski definition) is 3. The van der Waals surface area contributed by atoms with E-state index in [0.29, 0.717) is 5.69 Å². The predicted octanol–water partition coefficient (Wildman–Crippen LogP) is 1.53. The van der Waals surface area contributed by atoms with E-state index in [2.05, 4.69) is 10.6 Å². The van der Waals surface area contributed by atoms with Crippen LogP contribution in [0.5, 0.6) is 0 Å². The van der Waals surface area contributed by atoms with Crippen molar-refractivity contribution in [2.24, 2.45) is 0 Å². The van der Waals surface area contributed by atoms with E-state index >= 15 is 0 Å². The van der Waals surface area contributed by atoms with Crippen LogP contribution in [0.25, 0.3) is 0 Å². The van der Waals surface area contributed by atoms with E-state index in [-0.39, 0.29) is 6.42 Å². The van der Waals surface area contributed by atoms with Crippen molar-refractivity contribution in [1.82, 2.24) is 5.32 Å². The second-order valence-electron chi connectivity index (χ2n) is 3.89. The Morgan fingerprint density at radius 2 is 1.78 bits per heavy atom. The van der Waals surface area contributed by atoms with Crippen LogP contribution in [0.1, 0.15) is 12.0 Å². The molecule has 96 valence electrons. The minimum absolute atomic E-state index is 0.0140. The lowest BCUT2D eigenvalue weighted by atomic mass is 10.1. The fourth-order valence-corrected chi connectivity index (χ4v) is 1.63. The monoisotopic (exact) mass is 258 g/mol. The van der Waals surface area contributed by atoms with Gasteiger partial charge in [0.15, 0.2) is 0 Å². The van der Waals surface area contributed by atoms with Crippen LogP contribution < -0.4 is 10.6 Å². The molecule has 7 heteroatoms. The zero-order chi connectivity index (χ0) is 13.3. The van der Waals surface area contributed by atoms with Crippen LogP contribution in [0.3, 0.4) is 0 Å². The van der Waals surface area contributed by atoms with Crippen LogP contribution >= 0.6 is 0 Å². The summed E-state index contributed by atoms with van der Waals surface area (Å²) in [4.78, 5) is 22.2. The maximum atomic E-state index is 12.3. The number of anilines is 1. The molecule has 1 fully saturated rings. The summed E-state index contributed by atoms with van der Waals surface area (Å²) in [5.74, 6) is -0.871. The molecule has 0 bridgehead atoms. The number of imide groups is 1. The highest BCUT2D eigenvalue weighted by atomic mass is 19.4. The Balaban J connectivity index is 2.07. The highest BCUT2D eigenvalue weighted by Crippen LogP contribution is 2.30. The van der Waals surface area contributed by atoms with Crippen molar-refractivity contribution < 1.29 is 22.8 Å². The number of nitrogens with one attached hydrogen (secondary N) is 2. The van der Waals surface area contributed by atoms with Gasteiger partial charge in [-0.1, -0.05) is 0 Å². The Hall–Kier alpha value is -2.05. The molecule has 1 heterocycles. The van der Waals surface area contributed by atoms with Gasteiger partial charge in [-0.2, -0.15) is 13.2 Å². The van der Waals surface area contributed by atoms with E-state index < -0.39 is 29.6 Å². The summed E-state index contributed by atoms with van der Waals surface area (Å²) in [6.45, 7) is 0. The topological polar surface area (TPSA) is 58.2 Å². The Kier molecular flexibility index (Phi) is 2.98. The molecule has 18 heavy (non-hydrogen) atoms. The van der Waals surface area contributed by atoms with E-state index in [9.17, 15) is 22.8 Å². The summed E-state index contributed by atoms with van der Waals surface area (Å²) >= 11 is 0. The maximum absolute atomic E-state index is 12.3. The standard InChI is InChI=1S/C11H9F3N2O2/c12-11(13,14)6-1-3-7(4-2-6)15-8-5-9(17)16-10(8)18/h1-4,8,15H,5H2,(H,16,17,18). The number of benzene rings is 1. The lowest BCUT2D eigenvalue weighted by Crippen LogP contribution is -2.30. The van der Waals surface area contributed by atoms with E-state index in [4.69, 9.17) is 0 Å². The number of amides is 2. The molecule has 1 aliphatic heterocycles. The van der Waals surface area contributed by atoms with Crippen LogP contribution in [-0.4, -0.2) is 17.9 Å². The first-order valence-electron chi connectivity index (χ1n) is 5.14. The van der Waals surface area contributed by atoms with Gasteiger partial charge in [-0.25, -0.2) is 0 Å². The van der Waals surface area contributed by atoms with Crippen LogP contribution in [0.2, 0.25) is 0 Å². The molecule has 2 N–H and O–H groups in total. The summed E-state index contributed by atoms with van der Waals surface area (Å²) in [5, 5.41) is 4.80. The average molecular weight is 258 g/mol. The van der Waals surface area contributed by atoms with Gasteiger partial charge in [-0.15, -0.1) is 0 Å². The number of hydrogen-bond donors (Lipinski definition) is 2. The lowest BCUT2D eigenvalue weighted by Gasteiger charge is -2.12. The third kappa shape index (κ3) is 2.61. The van der Waals surface area contributed by atoms with Crippen LogP contribution in [0, 0.1) is 0 Å². The predicted molar refractivity (Wildman–Crippen MR) is 56.6 cm³/mol. The molecule has 0 spiro atoms. The van der Waals surface area contributed by atoms with Crippen molar-refractivity contribution in [2.75, 3.05) is 5.32 Å². The lowest BCUT2D eigenvalue weighted by molar-refractivity contribution is -0.137. The van der Waals surface area contributed by atoms with E-state index in [1.54, 1.807) is 0 Å². The molecule has 1 aliphatic rings. The molecular weight excluding hydrogens is 249 g/mol. The number of halogens is 3. The Morgan fingerprint density at radius 1 is 1.17 bits per heavy atom. The fraction of sp³-hybridized carbons (Fsp3) is 0.273. The number of carbonyl (C=O) groups is 2. The molecule has 0 radical (unpaired) electrons. The Morgan fingerprint density at radius 3 is 2.22 bits per heavy atom. The summed E-state index contributed by atoms with van der Waals surface area (Å²) in [6, 6.07) is 3.54. The van der Waals surface area contributed by atoms with Gasteiger partial charge in [0.1, 0.15) is 6.04 Å². The van der Waals surface area contributed by atoms with Crippen molar-refractivity contribution >= 4 is 17.5 Å². The number of alkyl halides is 3. The van der Waals surface area contributed by atoms with Gasteiger partial charge in [0.05, 0.1) is 12.0 Å². The molecule has 0 saturated carbocycles. The molecule has 2 rings (SSSR count). The third-order valence-electron chi connectivity index (χ3n) is 2.52. The number of rotatable bonds is 2. The summed E-state index contributed by atoms with van der Waals surface area (Å²) < 4.78 is 36.9. The van der Waals surface area contributed by atoms with Gasteiger partial charge in [-0.05, 0) is 24.3 Å². The second kappa shape index (κ2) is 4.32. The smallest absolute Gasteiger partial charge is 0.373 e. The van der Waals surface area contributed by atoms with Gasteiger partial charge in [-0.3, -0.25) is 14.9 Å². The zero-order valence-corrected chi connectivity index (χ0v) is 9.04. The van der Waals surface area contributed by atoms with E-state index in [0.717, 1.165) is 12.1 Å². The van der Waals surface area contributed by atoms with Crippen molar-refractivity contribution in [3.05, 3.63) is 29.8 Å². The van der Waals surface area contributed by atoms with Crippen LogP contribution in [0.4, 0.5) is 18.9 Å². The quantitative estimate of drug-likeness (QED) is 0.791. The molecule has 2 amide bonds. The zero-order valence-electron chi connectivity index (χ0n) is 9.04. The molecule has 1 aromatic rings. The SMILES string of the molecule is O=C1CC(Nc2ccc(C(F)(F)F)cc2)C(=O)N1. The van der Waals surface area contributed by atoms with Gasteiger partial charge in [0.2, 0.25) is 11.8 Å². The molecule has 1 aromatic carbocycles. The van der Waals surface area contributed by atoms with E-state index in [1.807, 2.05) is 0 Å². The minimum Gasteiger partial charge on any atom is -0.373 e. The highest BCUT2D eigenvalue weighted by Gasteiger charge is 2.32. The van der Waals surface area contributed by atoms with Crippen LogP contribution in [0.15, 0.2) is 24.3 Å². The molecule has 1 unspecified atom stereocenters. The van der Waals surface area contributed by atoms with Crippen molar-refractivity contribution in [3.8, 4) is 0 Å². The fourth-order valence-electron chi connectivity index (χ4n) is 1.63. The Bertz CT molecular complexity index is 482. The van der Waals surface area contributed by atoms with E-state index in [1.165, 1.54) is 12.1 Å². The first-order valence-corrected chi connectivity index (χ1v) is 5.14. The van der Waals surface area contributed by atoms with Crippen molar-refractivity contribution in [3.63, 3.8) is 0 Å². The van der Waals surface area contributed by atoms with Crippen molar-refractivity contribution in [1.29, 1.82) is 0 Å². The normalized spacial score (nSPS) is 19.8. The molecular formula is C11H9F3N2O2. The molecule has 4 nitrogen and oxygen atoms in total. The highest BCUT2D eigenvalue weighted by molar-refractivity contribution is 6.06. The first-order chi connectivity index (χ1) is 8.36. The second-order valence-corrected chi connectivity index (χ2v) is 3.89. The summed E-state index contributed by atoms with van der Waals surface area (Å²) in [5.41, 5.74) is -0.405. The van der Waals surface area contributed by atoms with Gasteiger partial charge in [0.25, 0.3) is 0 Å². The third-order valence-corrected chi connectivity index (χ3v) is 2.52.